The van der Waals surface area contributed by atoms with E-state index in [0.29, 0.717) is 23.4 Å². The van der Waals surface area contributed by atoms with Gasteiger partial charge in [0.1, 0.15) is 23.4 Å². The Morgan fingerprint density at radius 2 is 2.10 bits per heavy atom. The summed E-state index contributed by atoms with van der Waals surface area (Å²) in [6, 6.07) is 6.05. The Kier molecular flexibility index (Phi) is 6.16. The van der Waals surface area contributed by atoms with E-state index in [9.17, 15) is 4.79 Å². The Bertz CT molecular complexity index is 821. The molecule has 2 fully saturated rings. The van der Waals surface area contributed by atoms with Crippen LogP contribution in [0.2, 0.25) is 0 Å². The smallest absolute Gasteiger partial charge is 0.343 e. The highest BCUT2D eigenvalue weighted by Gasteiger charge is 2.28. The molecule has 0 bridgehead atoms. The van der Waals surface area contributed by atoms with Crippen LogP contribution in [0.3, 0.4) is 0 Å². The number of rotatable bonds is 6. The number of hydrogen-bond donors (Lipinski definition) is 3. The number of carbonyl (C=O) groups excluding carboxylic acids is 1. The van der Waals surface area contributed by atoms with Crippen LogP contribution >= 0.6 is 0 Å². The number of carbonyl (C=O) groups is 1. The highest BCUT2D eigenvalue weighted by molar-refractivity contribution is 5.94. The van der Waals surface area contributed by atoms with Crippen LogP contribution in [0, 0.1) is 0 Å². The highest BCUT2D eigenvalue weighted by Crippen LogP contribution is 2.28. The van der Waals surface area contributed by atoms with E-state index in [1.54, 1.807) is 6.20 Å². The van der Waals surface area contributed by atoms with Gasteiger partial charge in [0.25, 0.3) is 0 Å². The van der Waals surface area contributed by atoms with Gasteiger partial charge in [0.15, 0.2) is 0 Å². The second-order valence-electron chi connectivity index (χ2n) is 7.28. The summed E-state index contributed by atoms with van der Waals surface area (Å²) in [5, 5.41) is 10.3. The van der Waals surface area contributed by atoms with Gasteiger partial charge < -0.3 is 15.4 Å². The molecule has 4 rings (SSSR count). The van der Waals surface area contributed by atoms with E-state index in [2.05, 4.69) is 25.9 Å². The number of nitrogens with one attached hydrogen (secondary N) is 3. The van der Waals surface area contributed by atoms with Crippen LogP contribution in [0.5, 0.6) is 0 Å². The van der Waals surface area contributed by atoms with E-state index < -0.39 is 5.97 Å². The number of methoxy groups -OCH3 is 1. The van der Waals surface area contributed by atoms with Crippen molar-refractivity contribution in [3.63, 3.8) is 0 Å². The number of anilines is 3. The maximum absolute atomic E-state index is 12.3. The van der Waals surface area contributed by atoms with Gasteiger partial charge in [-0.05, 0) is 25.0 Å². The minimum absolute atomic E-state index is 0.0537. The summed E-state index contributed by atoms with van der Waals surface area (Å²) >= 11 is 0. The maximum atomic E-state index is 12.3. The van der Waals surface area contributed by atoms with Gasteiger partial charge in [-0.2, -0.15) is 4.98 Å². The molecule has 0 amide bonds. The van der Waals surface area contributed by atoms with Crippen LogP contribution in [-0.2, 0) is 4.74 Å². The Morgan fingerprint density at radius 3 is 2.79 bits per heavy atom. The zero-order valence-electron chi connectivity index (χ0n) is 16.6. The Labute approximate surface area is 170 Å². The molecular formula is C20H27N7O2. The fourth-order valence-electron chi connectivity index (χ4n) is 3.84. The van der Waals surface area contributed by atoms with Gasteiger partial charge in [0.2, 0.25) is 5.95 Å². The Balaban J connectivity index is 1.72. The number of nitrogens with zero attached hydrogens (tertiary/aromatic N) is 4. The average Bonchev–Trinajstić information content (AvgIpc) is 3.28. The van der Waals surface area contributed by atoms with Crippen molar-refractivity contribution in [1.29, 1.82) is 0 Å². The maximum Gasteiger partial charge on any atom is 0.343 e. The minimum Gasteiger partial charge on any atom is -0.465 e. The third-order valence-electron chi connectivity index (χ3n) is 5.32. The van der Waals surface area contributed by atoms with Gasteiger partial charge in [-0.1, -0.05) is 18.9 Å². The summed E-state index contributed by atoms with van der Waals surface area (Å²) in [4.78, 5) is 28.0. The molecule has 9 nitrogen and oxygen atoms in total. The largest absolute Gasteiger partial charge is 0.465 e. The van der Waals surface area contributed by atoms with Crippen LogP contribution in [0.25, 0.3) is 0 Å². The van der Waals surface area contributed by atoms with E-state index in [-0.39, 0.29) is 6.17 Å². The Hall–Kier alpha value is -2.78. The molecule has 1 aliphatic carbocycles. The molecule has 1 atom stereocenters. The zero-order chi connectivity index (χ0) is 20.1. The molecule has 0 radical (unpaired) electrons. The third-order valence-corrected chi connectivity index (χ3v) is 5.32. The molecule has 1 saturated carbocycles. The second kappa shape index (κ2) is 9.15. The molecule has 154 valence electrons. The summed E-state index contributed by atoms with van der Waals surface area (Å²) in [6.07, 6.45) is 7.73. The van der Waals surface area contributed by atoms with Gasteiger partial charge in [-0.15, -0.1) is 0 Å². The molecule has 1 saturated heterocycles. The van der Waals surface area contributed by atoms with Crippen molar-refractivity contribution in [2.45, 2.75) is 37.9 Å². The van der Waals surface area contributed by atoms with Gasteiger partial charge in [-0.25, -0.2) is 14.8 Å². The first-order chi connectivity index (χ1) is 14.3. The first-order valence-electron chi connectivity index (χ1n) is 10.1. The normalized spacial score (nSPS) is 19.7. The first kappa shape index (κ1) is 19.5. The van der Waals surface area contributed by atoms with Crippen LogP contribution in [0.4, 0.5) is 17.6 Å². The molecular weight excluding hydrogens is 370 g/mol. The summed E-state index contributed by atoms with van der Waals surface area (Å²) in [5.41, 5.74) is 0.346. The van der Waals surface area contributed by atoms with Crippen LogP contribution in [0.1, 0.15) is 36.0 Å². The standard InChI is InChI=1S/C20H27N7O2/c1-29-19(28)15-12-24-20(26-18(15)25-14-6-2-3-7-14)27(16-8-4-5-9-22-16)17-13-21-10-11-23-17/h4-5,8-9,12,14,17,21,23H,2-3,6-7,10-11,13H2,1H3,(H,24,25,26). The van der Waals surface area contributed by atoms with Crippen molar-refractivity contribution >= 4 is 23.6 Å². The predicted molar refractivity (Wildman–Crippen MR) is 110 cm³/mol. The van der Waals surface area contributed by atoms with Crippen molar-refractivity contribution in [1.82, 2.24) is 25.6 Å². The van der Waals surface area contributed by atoms with Crippen molar-refractivity contribution in [2.24, 2.45) is 0 Å². The van der Waals surface area contributed by atoms with E-state index in [4.69, 9.17) is 9.72 Å². The van der Waals surface area contributed by atoms with Gasteiger partial charge in [-0.3, -0.25) is 10.2 Å². The summed E-state index contributed by atoms with van der Waals surface area (Å²) in [7, 11) is 1.37. The monoisotopic (exact) mass is 397 g/mol. The second-order valence-corrected chi connectivity index (χ2v) is 7.28. The number of pyridine rings is 1. The molecule has 2 aromatic heterocycles. The van der Waals surface area contributed by atoms with Gasteiger partial charge in [0, 0.05) is 38.1 Å². The molecule has 2 aliphatic rings. The van der Waals surface area contributed by atoms with E-state index in [1.165, 1.54) is 26.1 Å². The molecule has 0 aromatic carbocycles. The van der Waals surface area contributed by atoms with Crippen molar-refractivity contribution in [2.75, 3.05) is 37.0 Å². The SMILES string of the molecule is COC(=O)c1cnc(N(c2ccccn2)C2CNCCN2)nc1NC1CCCC1. The zero-order valence-corrected chi connectivity index (χ0v) is 16.6. The number of piperazine rings is 1. The lowest BCUT2D eigenvalue weighted by Crippen LogP contribution is -2.56. The lowest BCUT2D eigenvalue weighted by Gasteiger charge is -2.34. The summed E-state index contributed by atoms with van der Waals surface area (Å²) in [5.74, 6) is 1.29. The van der Waals surface area contributed by atoms with E-state index >= 15 is 0 Å². The number of esters is 1. The number of ether oxygens (including phenoxy) is 1. The molecule has 0 spiro atoms. The molecule has 3 heterocycles. The highest BCUT2D eigenvalue weighted by atomic mass is 16.5. The fourth-order valence-corrected chi connectivity index (χ4v) is 3.84. The van der Waals surface area contributed by atoms with Gasteiger partial charge >= 0.3 is 5.97 Å². The summed E-state index contributed by atoms with van der Waals surface area (Å²) < 4.78 is 4.94. The molecule has 29 heavy (non-hydrogen) atoms. The molecule has 2 aromatic rings. The topological polar surface area (TPSA) is 104 Å². The van der Waals surface area contributed by atoms with Crippen molar-refractivity contribution in [3.8, 4) is 0 Å². The van der Waals surface area contributed by atoms with Crippen molar-refractivity contribution in [3.05, 3.63) is 36.2 Å². The number of aromatic nitrogens is 3. The molecule has 1 unspecified atom stereocenters. The van der Waals surface area contributed by atoms with Crippen LogP contribution in [-0.4, -0.2) is 59.9 Å². The quantitative estimate of drug-likeness (QED) is 0.628. The van der Waals surface area contributed by atoms with Crippen LogP contribution < -0.4 is 20.9 Å². The van der Waals surface area contributed by atoms with Crippen molar-refractivity contribution < 1.29 is 9.53 Å². The first-order valence-corrected chi connectivity index (χ1v) is 10.1. The minimum atomic E-state index is -0.445. The van der Waals surface area contributed by atoms with Gasteiger partial charge in [0.05, 0.1) is 7.11 Å². The average molecular weight is 397 g/mol. The van der Waals surface area contributed by atoms with Crippen LogP contribution in [0.15, 0.2) is 30.6 Å². The Morgan fingerprint density at radius 1 is 1.24 bits per heavy atom. The summed E-state index contributed by atoms with van der Waals surface area (Å²) in [6.45, 7) is 2.47. The molecule has 1 aliphatic heterocycles. The lowest BCUT2D eigenvalue weighted by molar-refractivity contribution is 0.0601. The molecule has 9 heteroatoms. The molecule has 3 N–H and O–H groups in total. The lowest BCUT2D eigenvalue weighted by atomic mass is 10.2. The number of hydrogen-bond acceptors (Lipinski definition) is 9. The van der Waals surface area contributed by atoms with E-state index in [0.717, 1.165) is 38.3 Å². The third kappa shape index (κ3) is 4.46. The fraction of sp³-hybridized carbons (Fsp3) is 0.500. The van der Waals surface area contributed by atoms with E-state index in [1.807, 2.05) is 23.1 Å². The predicted octanol–water partition coefficient (Wildman–Crippen LogP) is 1.67.